The number of aliphatic hydroxyl groups is 1. The smallest absolute Gasteiger partial charge is 0.391 e. The maximum Gasteiger partial charge on any atom is 0.416 e. The number of hydrogen-bond donors (Lipinski definition) is 5. The molecule has 0 aromatic heterocycles. The van der Waals surface area contributed by atoms with E-state index in [2.05, 4.69) is 21.3 Å². The van der Waals surface area contributed by atoms with Crippen molar-refractivity contribution in [2.45, 2.75) is 65.3 Å². The molecule has 1 aromatic carbocycles. The Morgan fingerprint density at radius 1 is 1.14 bits per heavy atom. The molecule has 0 spiro atoms. The number of carbonyl (C=O) groups is 3. The summed E-state index contributed by atoms with van der Waals surface area (Å²) in [6, 6.07) is 1.30. The van der Waals surface area contributed by atoms with E-state index in [0.29, 0.717) is 45.1 Å². The number of aliphatic hydroxyl groups excluding tert-OH is 1. The molecule has 0 unspecified atom stereocenters. The predicted molar refractivity (Wildman–Crippen MR) is 134 cm³/mol. The molecule has 0 aliphatic carbocycles. The molecule has 9 nitrogen and oxygen atoms in total. The van der Waals surface area contributed by atoms with Crippen LogP contribution in [0.15, 0.2) is 18.2 Å². The van der Waals surface area contributed by atoms with Gasteiger partial charge in [-0.15, -0.1) is 0 Å². The van der Waals surface area contributed by atoms with Gasteiger partial charge in [-0.2, -0.15) is 13.2 Å². The molecule has 2 rings (SSSR count). The fourth-order valence-electron chi connectivity index (χ4n) is 3.63. The second-order valence-corrected chi connectivity index (χ2v) is 10.4. The van der Waals surface area contributed by atoms with Crippen LogP contribution in [-0.4, -0.2) is 72.7 Å². The Morgan fingerprint density at radius 2 is 1.81 bits per heavy atom. The van der Waals surface area contributed by atoms with Gasteiger partial charge in [-0.05, 0) is 36.5 Å². The Bertz CT molecular complexity index is 945. The summed E-state index contributed by atoms with van der Waals surface area (Å²) in [5.41, 5.74) is -1.57. The summed E-state index contributed by atoms with van der Waals surface area (Å²) >= 11 is 0. The number of amides is 4. The number of alkyl halides is 3. The average Bonchev–Trinajstić information content (AvgIpc) is 2.74. The highest BCUT2D eigenvalue weighted by molar-refractivity contribution is 6.04. The van der Waals surface area contributed by atoms with E-state index in [1.807, 2.05) is 27.7 Å². The molecule has 1 heterocycles. The van der Waals surface area contributed by atoms with Gasteiger partial charge in [0, 0.05) is 26.2 Å². The summed E-state index contributed by atoms with van der Waals surface area (Å²) in [5.74, 6) is -1.55. The molecular formula is C25H38F3N5O4. The van der Waals surface area contributed by atoms with E-state index in [-0.39, 0.29) is 11.1 Å². The zero-order chi connectivity index (χ0) is 27.8. The number of hydrogen-bond acceptors (Lipinski definition) is 5. The maximum atomic E-state index is 13.3. The van der Waals surface area contributed by atoms with Crippen molar-refractivity contribution in [3.8, 4) is 0 Å². The van der Waals surface area contributed by atoms with Crippen molar-refractivity contribution in [2.24, 2.45) is 5.41 Å². The number of likely N-dealkylation sites (tertiary alicyclic amines) is 1. The lowest BCUT2D eigenvalue weighted by Gasteiger charge is -2.31. The number of anilines is 1. The molecule has 1 aliphatic heterocycles. The lowest BCUT2D eigenvalue weighted by atomic mass is 9.96. The second kappa shape index (κ2) is 13.1. The third-order valence-electron chi connectivity index (χ3n) is 5.80. The van der Waals surface area contributed by atoms with Crippen LogP contribution < -0.4 is 21.3 Å². The van der Waals surface area contributed by atoms with Crippen molar-refractivity contribution in [1.82, 2.24) is 20.9 Å². The fourth-order valence-corrected chi connectivity index (χ4v) is 3.63. The number of nitrogens with zero attached hydrogens (tertiary/aromatic N) is 1. The third-order valence-corrected chi connectivity index (χ3v) is 5.80. The number of rotatable bonds is 11. The van der Waals surface area contributed by atoms with Crippen LogP contribution in [0.3, 0.4) is 0 Å². The first-order chi connectivity index (χ1) is 17.2. The second-order valence-electron chi connectivity index (χ2n) is 10.4. The first kappa shape index (κ1) is 30.4. The largest absolute Gasteiger partial charge is 0.416 e. The van der Waals surface area contributed by atoms with Crippen LogP contribution in [0.25, 0.3) is 0 Å². The summed E-state index contributed by atoms with van der Waals surface area (Å²) in [4.78, 5) is 39.1. The molecule has 0 bridgehead atoms. The van der Waals surface area contributed by atoms with Gasteiger partial charge >= 0.3 is 12.2 Å². The molecule has 12 heteroatoms. The van der Waals surface area contributed by atoms with E-state index in [1.165, 1.54) is 4.90 Å². The molecule has 0 saturated carbocycles. The van der Waals surface area contributed by atoms with Crippen LogP contribution in [-0.2, 0) is 11.0 Å². The number of halogens is 3. The standard InChI is InChI=1S/C25H38F3N5O4/c1-5-7-20(34)19(13-29-15-24(2,3)4)31-21(35)14-30-22(36)17-12-16(25(26,27)28)8-9-18(17)32-23(37)33-10-6-11-33/h8-9,12,19-20,29,34H,5-7,10-11,13-15H2,1-4H3,(H,30,36)(H,31,35)(H,32,37)/t19-,20-/m0/s1. The van der Waals surface area contributed by atoms with E-state index in [9.17, 15) is 32.7 Å². The maximum absolute atomic E-state index is 13.3. The van der Waals surface area contributed by atoms with Gasteiger partial charge in [0.25, 0.3) is 5.91 Å². The van der Waals surface area contributed by atoms with Crippen molar-refractivity contribution < 1.29 is 32.7 Å². The Labute approximate surface area is 215 Å². The van der Waals surface area contributed by atoms with E-state index in [4.69, 9.17) is 0 Å². The summed E-state index contributed by atoms with van der Waals surface area (Å²) in [7, 11) is 0. The molecule has 1 saturated heterocycles. The Balaban J connectivity index is 2.08. The molecular weight excluding hydrogens is 491 g/mol. The van der Waals surface area contributed by atoms with Crippen LogP contribution in [0.4, 0.5) is 23.7 Å². The molecule has 1 aromatic rings. The summed E-state index contributed by atoms with van der Waals surface area (Å²) in [6.45, 7) is 9.49. The SMILES string of the molecule is CCC[C@H](O)[C@H](CNCC(C)(C)C)NC(=O)CNC(=O)c1cc(C(F)(F)F)ccc1NC(=O)N1CCC1. The van der Waals surface area contributed by atoms with Gasteiger partial charge in [0.15, 0.2) is 0 Å². The number of benzene rings is 1. The van der Waals surface area contributed by atoms with Crippen LogP contribution in [0, 0.1) is 5.41 Å². The number of nitrogens with one attached hydrogen (secondary N) is 4. The van der Waals surface area contributed by atoms with Crippen molar-refractivity contribution in [1.29, 1.82) is 0 Å². The minimum Gasteiger partial charge on any atom is -0.391 e. The van der Waals surface area contributed by atoms with Crippen LogP contribution in [0.1, 0.15) is 62.9 Å². The highest BCUT2D eigenvalue weighted by atomic mass is 19.4. The highest BCUT2D eigenvalue weighted by Gasteiger charge is 2.32. The Kier molecular flexibility index (Phi) is 10.7. The van der Waals surface area contributed by atoms with Crippen molar-refractivity contribution in [3.05, 3.63) is 29.3 Å². The molecule has 1 fully saturated rings. The Hall–Kier alpha value is -2.86. The van der Waals surface area contributed by atoms with Crippen molar-refractivity contribution >= 4 is 23.5 Å². The minimum atomic E-state index is -4.70. The first-order valence-corrected chi connectivity index (χ1v) is 12.4. The van der Waals surface area contributed by atoms with Gasteiger partial charge in [-0.25, -0.2) is 4.79 Å². The fraction of sp³-hybridized carbons (Fsp3) is 0.640. The summed E-state index contributed by atoms with van der Waals surface area (Å²) in [6.07, 6.45) is -3.54. The zero-order valence-corrected chi connectivity index (χ0v) is 21.8. The topological polar surface area (TPSA) is 123 Å². The molecule has 1 aliphatic rings. The third kappa shape index (κ3) is 9.84. The van der Waals surface area contributed by atoms with Gasteiger partial charge in [-0.3, -0.25) is 9.59 Å². The summed E-state index contributed by atoms with van der Waals surface area (Å²) < 4.78 is 39.8. The first-order valence-electron chi connectivity index (χ1n) is 12.4. The number of urea groups is 1. The van der Waals surface area contributed by atoms with Gasteiger partial charge in [-0.1, -0.05) is 34.1 Å². The quantitative estimate of drug-likeness (QED) is 0.302. The molecule has 2 atom stereocenters. The van der Waals surface area contributed by atoms with Crippen molar-refractivity contribution in [3.63, 3.8) is 0 Å². The van der Waals surface area contributed by atoms with E-state index in [1.54, 1.807) is 0 Å². The van der Waals surface area contributed by atoms with Crippen molar-refractivity contribution in [2.75, 3.05) is 38.0 Å². The van der Waals surface area contributed by atoms with Gasteiger partial charge in [0.05, 0.1) is 35.5 Å². The molecule has 5 N–H and O–H groups in total. The lowest BCUT2D eigenvalue weighted by molar-refractivity contribution is -0.137. The van der Waals surface area contributed by atoms with E-state index < -0.39 is 53.8 Å². The zero-order valence-electron chi connectivity index (χ0n) is 21.8. The normalized spacial score (nSPS) is 15.4. The molecule has 37 heavy (non-hydrogen) atoms. The average molecular weight is 530 g/mol. The molecule has 4 amide bonds. The van der Waals surface area contributed by atoms with Gasteiger partial charge in [0.2, 0.25) is 5.91 Å². The van der Waals surface area contributed by atoms with E-state index >= 15 is 0 Å². The predicted octanol–water partition coefficient (Wildman–Crippen LogP) is 2.95. The Morgan fingerprint density at radius 3 is 2.35 bits per heavy atom. The monoisotopic (exact) mass is 529 g/mol. The number of carbonyl (C=O) groups excluding carboxylic acids is 3. The van der Waals surface area contributed by atoms with Gasteiger partial charge in [0.1, 0.15) is 0 Å². The lowest BCUT2D eigenvalue weighted by Crippen LogP contribution is -2.52. The molecule has 208 valence electrons. The minimum absolute atomic E-state index is 0.00797. The van der Waals surface area contributed by atoms with Gasteiger partial charge < -0.3 is 31.3 Å². The van der Waals surface area contributed by atoms with Crippen LogP contribution in [0.2, 0.25) is 0 Å². The summed E-state index contributed by atoms with van der Waals surface area (Å²) in [5, 5.41) is 21.1. The van der Waals surface area contributed by atoms with E-state index in [0.717, 1.165) is 18.6 Å². The van der Waals surface area contributed by atoms with Crippen LogP contribution in [0.5, 0.6) is 0 Å². The van der Waals surface area contributed by atoms with Crippen LogP contribution >= 0.6 is 0 Å². The highest BCUT2D eigenvalue weighted by Crippen LogP contribution is 2.32. The molecule has 0 radical (unpaired) electrons.